The van der Waals surface area contributed by atoms with Crippen molar-refractivity contribution < 1.29 is 9.84 Å². The van der Waals surface area contributed by atoms with E-state index in [0.29, 0.717) is 17.2 Å². The van der Waals surface area contributed by atoms with Crippen LogP contribution in [0.5, 0.6) is 17.2 Å². The van der Waals surface area contributed by atoms with E-state index in [1.165, 1.54) is 0 Å². The fourth-order valence-electron chi connectivity index (χ4n) is 1.76. The van der Waals surface area contributed by atoms with Crippen LogP contribution >= 0.6 is 0 Å². The second kappa shape index (κ2) is 5.45. The van der Waals surface area contributed by atoms with Crippen LogP contribution in [0.1, 0.15) is 18.9 Å². The van der Waals surface area contributed by atoms with E-state index in [2.05, 4.69) is 6.92 Å². The number of nitrogen functional groups attached to an aromatic ring is 1. The molecule has 94 valence electrons. The summed E-state index contributed by atoms with van der Waals surface area (Å²) in [6.07, 6.45) is 2.01. The van der Waals surface area contributed by atoms with Crippen molar-refractivity contribution in [1.82, 2.24) is 0 Å². The summed E-state index contributed by atoms with van der Waals surface area (Å²) in [5.41, 5.74) is 7.39. The monoisotopic (exact) mass is 243 g/mol. The highest BCUT2D eigenvalue weighted by atomic mass is 16.5. The predicted molar refractivity (Wildman–Crippen MR) is 73.0 cm³/mol. The van der Waals surface area contributed by atoms with E-state index in [1.807, 2.05) is 6.07 Å². The van der Waals surface area contributed by atoms with E-state index in [0.717, 1.165) is 18.4 Å². The molecule has 0 heterocycles. The van der Waals surface area contributed by atoms with Gasteiger partial charge in [0.15, 0.2) is 11.5 Å². The van der Waals surface area contributed by atoms with Crippen LogP contribution in [0.15, 0.2) is 42.5 Å². The Morgan fingerprint density at radius 3 is 2.44 bits per heavy atom. The van der Waals surface area contributed by atoms with Crippen molar-refractivity contribution in [2.75, 3.05) is 5.73 Å². The normalized spacial score (nSPS) is 10.3. The molecule has 0 aliphatic heterocycles. The largest absolute Gasteiger partial charge is 0.504 e. The van der Waals surface area contributed by atoms with Crippen molar-refractivity contribution in [2.24, 2.45) is 0 Å². The van der Waals surface area contributed by atoms with Crippen molar-refractivity contribution in [1.29, 1.82) is 0 Å². The first-order valence-corrected chi connectivity index (χ1v) is 6.04. The molecule has 3 N–H and O–H groups in total. The molecule has 0 aliphatic carbocycles. The van der Waals surface area contributed by atoms with Gasteiger partial charge in [-0.05, 0) is 48.4 Å². The molecule has 0 amide bonds. The number of anilines is 1. The first kappa shape index (κ1) is 12.3. The number of benzene rings is 2. The number of nitrogens with two attached hydrogens (primary N) is 1. The highest BCUT2D eigenvalue weighted by Crippen LogP contribution is 2.31. The molecule has 0 fully saturated rings. The van der Waals surface area contributed by atoms with Crippen molar-refractivity contribution >= 4 is 5.69 Å². The third kappa shape index (κ3) is 2.94. The lowest BCUT2D eigenvalue weighted by Crippen LogP contribution is -1.89. The van der Waals surface area contributed by atoms with Gasteiger partial charge in [-0.3, -0.25) is 0 Å². The molecule has 2 aromatic carbocycles. The Kier molecular flexibility index (Phi) is 3.72. The topological polar surface area (TPSA) is 55.5 Å². The molecule has 3 heteroatoms. The summed E-state index contributed by atoms with van der Waals surface area (Å²) in [4.78, 5) is 0. The number of rotatable bonds is 4. The molecule has 18 heavy (non-hydrogen) atoms. The van der Waals surface area contributed by atoms with E-state index < -0.39 is 0 Å². The fourth-order valence-corrected chi connectivity index (χ4v) is 1.76. The summed E-state index contributed by atoms with van der Waals surface area (Å²) in [6, 6.07) is 12.6. The Labute approximate surface area is 107 Å². The Morgan fingerprint density at radius 1 is 1.11 bits per heavy atom. The zero-order valence-corrected chi connectivity index (χ0v) is 10.4. The molecule has 0 aliphatic rings. The van der Waals surface area contributed by atoms with Gasteiger partial charge in [0, 0.05) is 5.69 Å². The second-order valence-electron chi connectivity index (χ2n) is 4.22. The SMILES string of the molecule is CCCc1ccc(Oc2ccc(N)cc2)c(O)c1. The number of hydrogen-bond acceptors (Lipinski definition) is 3. The van der Waals surface area contributed by atoms with Gasteiger partial charge < -0.3 is 15.6 Å². The lowest BCUT2D eigenvalue weighted by Gasteiger charge is -2.09. The van der Waals surface area contributed by atoms with Crippen LogP contribution in [0.4, 0.5) is 5.69 Å². The van der Waals surface area contributed by atoms with Crippen molar-refractivity contribution in [3.8, 4) is 17.2 Å². The molecule has 0 atom stereocenters. The zero-order chi connectivity index (χ0) is 13.0. The minimum Gasteiger partial charge on any atom is -0.504 e. The minimum absolute atomic E-state index is 0.165. The van der Waals surface area contributed by atoms with E-state index in [-0.39, 0.29) is 5.75 Å². The maximum atomic E-state index is 9.88. The van der Waals surface area contributed by atoms with Crippen LogP contribution in [0.2, 0.25) is 0 Å². The molecule has 2 rings (SSSR count). The summed E-state index contributed by atoms with van der Waals surface area (Å²) in [5.74, 6) is 1.28. The fraction of sp³-hybridized carbons (Fsp3) is 0.200. The standard InChI is InChI=1S/C15H17NO2/c1-2-3-11-4-9-15(14(17)10-11)18-13-7-5-12(16)6-8-13/h4-10,17H,2-3,16H2,1H3. The molecular formula is C15H17NO2. The molecule has 0 unspecified atom stereocenters. The van der Waals surface area contributed by atoms with Gasteiger partial charge in [0.05, 0.1) is 0 Å². The van der Waals surface area contributed by atoms with Gasteiger partial charge in [-0.15, -0.1) is 0 Å². The van der Waals surface area contributed by atoms with Crippen LogP contribution in [-0.2, 0) is 6.42 Å². The van der Waals surface area contributed by atoms with Crippen LogP contribution in [0.3, 0.4) is 0 Å². The molecule has 0 bridgehead atoms. The Morgan fingerprint density at radius 2 is 1.83 bits per heavy atom. The van der Waals surface area contributed by atoms with Crippen LogP contribution in [0, 0.1) is 0 Å². The van der Waals surface area contributed by atoms with E-state index in [1.54, 1.807) is 36.4 Å². The van der Waals surface area contributed by atoms with Crippen LogP contribution in [0.25, 0.3) is 0 Å². The first-order valence-electron chi connectivity index (χ1n) is 6.04. The average molecular weight is 243 g/mol. The lowest BCUT2D eigenvalue weighted by atomic mass is 10.1. The predicted octanol–water partition coefficient (Wildman–Crippen LogP) is 3.72. The summed E-state index contributed by atoms with van der Waals surface area (Å²) in [7, 11) is 0. The van der Waals surface area contributed by atoms with Gasteiger partial charge in [0.1, 0.15) is 5.75 Å². The summed E-state index contributed by atoms with van der Waals surface area (Å²) >= 11 is 0. The Bertz CT molecular complexity index is 521. The average Bonchev–Trinajstić information content (AvgIpc) is 2.36. The number of hydrogen-bond donors (Lipinski definition) is 2. The Balaban J connectivity index is 2.16. The van der Waals surface area contributed by atoms with Crippen LogP contribution < -0.4 is 10.5 Å². The van der Waals surface area contributed by atoms with Crippen molar-refractivity contribution in [3.63, 3.8) is 0 Å². The minimum atomic E-state index is 0.165. The summed E-state index contributed by atoms with van der Waals surface area (Å²) in [6.45, 7) is 2.11. The third-order valence-electron chi connectivity index (χ3n) is 2.67. The number of phenolic OH excluding ortho intramolecular Hbond substituents is 1. The molecule has 2 aromatic rings. The highest BCUT2D eigenvalue weighted by molar-refractivity contribution is 5.47. The number of ether oxygens (including phenoxy) is 1. The second-order valence-corrected chi connectivity index (χ2v) is 4.22. The number of aromatic hydroxyl groups is 1. The smallest absolute Gasteiger partial charge is 0.169 e. The zero-order valence-electron chi connectivity index (χ0n) is 10.4. The van der Waals surface area contributed by atoms with Crippen molar-refractivity contribution in [2.45, 2.75) is 19.8 Å². The summed E-state index contributed by atoms with van der Waals surface area (Å²) in [5, 5.41) is 9.88. The van der Waals surface area contributed by atoms with Gasteiger partial charge in [0.2, 0.25) is 0 Å². The molecular weight excluding hydrogens is 226 g/mol. The molecule has 0 saturated carbocycles. The maximum Gasteiger partial charge on any atom is 0.169 e. The molecule has 3 nitrogen and oxygen atoms in total. The van der Waals surface area contributed by atoms with Crippen LogP contribution in [-0.4, -0.2) is 5.11 Å². The molecule has 0 spiro atoms. The van der Waals surface area contributed by atoms with Crippen molar-refractivity contribution in [3.05, 3.63) is 48.0 Å². The first-order chi connectivity index (χ1) is 8.69. The molecule has 0 radical (unpaired) electrons. The van der Waals surface area contributed by atoms with E-state index in [4.69, 9.17) is 10.5 Å². The number of phenols is 1. The molecule has 0 saturated heterocycles. The van der Waals surface area contributed by atoms with E-state index in [9.17, 15) is 5.11 Å². The quantitative estimate of drug-likeness (QED) is 0.805. The van der Waals surface area contributed by atoms with E-state index >= 15 is 0 Å². The highest BCUT2D eigenvalue weighted by Gasteiger charge is 2.05. The number of aryl methyl sites for hydroxylation is 1. The lowest BCUT2D eigenvalue weighted by molar-refractivity contribution is 0.410. The van der Waals surface area contributed by atoms with Gasteiger partial charge in [0.25, 0.3) is 0 Å². The third-order valence-corrected chi connectivity index (χ3v) is 2.67. The van der Waals surface area contributed by atoms with Gasteiger partial charge in [-0.1, -0.05) is 19.4 Å². The molecule has 0 aromatic heterocycles. The maximum absolute atomic E-state index is 9.88. The Hall–Kier alpha value is -2.16. The van der Waals surface area contributed by atoms with Gasteiger partial charge in [-0.25, -0.2) is 0 Å². The van der Waals surface area contributed by atoms with Gasteiger partial charge in [-0.2, -0.15) is 0 Å². The summed E-state index contributed by atoms with van der Waals surface area (Å²) < 4.78 is 5.59. The van der Waals surface area contributed by atoms with Gasteiger partial charge >= 0.3 is 0 Å².